The molecule has 4 nitrogen and oxygen atoms in total. The molecule has 0 fully saturated rings. The highest BCUT2D eigenvalue weighted by Crippen LogP contribution is 2.35. The summed E-state index contributed by atoms with van der Waals surface area (Å²) in [5, 5.41) is 13.0. The number of carbonyl (C=O) groups is 1. The molecule has 2 aromatic rings. The molecular formula is C21H22N2O2S2. The van der Waals surface area contributed by atoms with Crippen molar-refractivity contribution in [3.63, 3.8) is 0 Å². The number of aryl methyl sites for hydroxylation is 1. The second-order valence-electron chi connectivity index (χ2n) is 6.85. The van der Waals surface area contributed by atoms with Gasteiger partial charge in [-0.25, -0.2) is 0 Å². The van der Waals surface area contributed by atoms with Crippen molar-refractivity contribution in [2.45, 2.75) is 39.5 Å². The van der Waals surface area contributed by atoms with E-state index in [1.165, 1.54) is 11.3 Å². The van der Waals surface area contributed by atoms with Crippen LogP contribution in [0.25, 0.3) is 0 Å². The minimum atomic E-state index is -0.289. The van der Waals surface area contributed by atoms with Gasteiger partial charge < -0.3 is 10.1 Å². The Morgan fingerprint density at radius 2 is 2.26 bits per heavy atom. The Morgan fingerprint density at radius 3 is 3.00 bits per heavy atom. The minimum Gasteiger partial charge on any atom is -0.484 e. The smallest absolute Gasteiger partial charge is 0.262 e. The van der Waals surface area contributed by atoms with E-state index >= 15 is 0 Å². The molecule has 0 radical (unpaired) electrons. The summed E-state index contributed by atoms with van der Waals surface area (Å²) in [6.07, 6.45) is 3.69. The van der Waals surface area contributed by atoms with Gasteiger partial charge in [-0.1, -0.05) is 38.2 Å². The van der Waals surface area contributed by atoms with Crippen LogP contribution in [0.3, 0.4) is 0 Å². The molecule has 1 aliphatic carbocycles. The van der Waals surface area contributed by atoms with Crippen molar-refractivity contribution >= 4 is 34.5 Å². The first kappa shape index (κ1) is 19.5. The molecule has 1 aromatic carbocycles. The molecule has 1 unspecified atom stereocenters. The van der Waals surface area contributed by atoms with Gasteiger partial charge in [0, 0.05) is 0 Å². The Bertz CT molecular complexity index is 960. The lowest BCUT2D eigenvalue weighted by Gasteiger charge is -2.23. The first-order chi connectivity index (χ1) is 13.0. The summed E-state index contributed by atoms with van der Waals surface area (Å²) in [5.41, 5.74) is 3.82. The van der Waals surface area contributed by atoms with Crippen molar-refractivity contribution in [3.05, 3.63) is 50.3 Å². The van der Waals surface area contributed by atoms with Crippen molar-refractivity contribution in [2.75, 3.05) is 11.9 Å². The lowest BCUT2D eigenvalue weighted by molar-refractivity contribution is -0.118. The number of amides is 1. The summed E-state index contributed by atoms with van der Waals surface area (Å²) in [6.45, 7) is 4.17. The topological polar surface area (TPSA) is 62.1 Å². The van der Waals surface area contributed by atoms with Crippen LogP contribution in [-0.2, 0) is 24.1 Å². The van der Waals surface area contributed by atoms with Crippen molar-refractivity contribution in [1.29, 1.82) is 5.26 Å². The molecule has 0 aliphatic heterocycles. The molecule has 3 rings (SSSR count). The number of hydrogen-bond acceptors (Lipinski definition) is 5. The van der Waals surface area contributed by atoms with E-state index in [2.05, 4.69) is 25.2 Å². The number of nitrogens with zero attached hydrogens (tertiary/aromatic N) is 1. The molecule has 140 valence electrons. The maximum absolute atomic E-state index is 12.4. The van der Waals surface area contributed by atoms with E-state index in [1.54, 1.807) is 0 Å². The summed E-state index contributed by atoms with van der Waals surface area (Å²) in [6, 6.07) is 9.96. The largest absolute Gasteiger partial charge is 0.484 e. The summed E-state index contributed by atoms with van der Waals surface area (Å²) in [5.74, 6) is 0.950. The van der Waals surface area contributed by atoms with Crippen molar-refractivity contribution in [1.82, 2.24) is 0 Å². The van der Waals surface area contributed by atoms with E-state index in [9.17, 15) is 10.1 Å². The Hall–Kier alpha value is -2.23. The van der Waals surface area contributed by atoms with E-state index in [1.807, 2.05) is 24.3 Å². The number of anilines is 1. The standard InChI is InChI=1S/C21H22N2O2S2/c1-3-14-5-4-6-15(10-14)25-12-19(24)23-20-18(11-22)16-8-7-13(2)9-17(16)21(26)27-20/h4-6,10,13H,3,7-9,12H2,1-2H3,(H,23,24). The van der Waals surface area contributed by atoms with E-state index in [-0.39, 0.29) is 12.5 Å². The molecule has 1 N–H and O–H groups in total. The van der Waals surface area contributed by atoms with Crippen LogP contribution in [0.5, 0.6) is 5.75 Å². The minimum absolute atomic E-state index is 0.106. The zero-order chi connectivity index (χ0) is 19.4. The van der Waals surface area contributed by atoms with E-state index < -0.39 is 0 Å². The molecule has 1 heterocycles. The van der Waals surface area contributed by atoms with Gasteiger partial charge in [-0.05, 0) is 60.4 Å². The number of ether oxygens (including phenoxy) is 1. The van der Waals surface area contributed by atoms with Gasteiger partial charge in [0.15, 0.2) is 6.61 Å². The Labute approximate surface area is 168 Å². The number of benzene rings is 1. The fourth-order valence-corrected chi connectivity index (χ4v) is 4.72. The Morgan fingerprint density at radius 1 is 1.44 bits per heavy atom. The molecular weight excluding hydrogens is 376 g/mol. The van der Waals surface area contributed by atoms with Crippen molar-refractivity contribution in [3.8, 4) is 11.8 Å². The molecule has 0 spiro atoms. The quantitative estimate of drug-likeness (QED) is 0.716. The summed E-state index contributed by atoms with van der Waals surface area (Å²) in [4.78, 5) is 12.4. The van der Waals surface area contributed by atoms with Gasteiger partial charge in [0.1, 0.15) is 16.8 Å². The monoisotopic (exact) mass is 398 g/mol. The van der Waals surface area contributed by atoms with Gasteiger partial charge in [0.05, 0.1) is 9.39 Å². The molecule has 1 atom stereocenters. The summed E-state index contributed by atoms with van der Waals surface area (Å²) in [7, 11) is 0. The average molecular weight is 399 g/mol. The van der Waals surface area contributed by atoms with Crippen LogP contribution in [0.4, 0.5) is 5.00 Å². The molecule has 1 amide bonds. The fraction of sp³-hybridized carbons (Fsp3) is 0.381. The predicted molar refractivity (Wildman–Crippen MR) is 111 cm³/mol. The molecule has 0 saturated carbocycles. The first-order valence-electron chi connectivity index (χ1n) is 9.12. The lowest BCUT2D eigenvalue weighted by Crippen LogP contribution is -2.21. The highest BCUT2D eigenvalue weighted by atomic mass is 32.1. The zero-order valence-corrected chi connectivity index (χ0v) is 17.1. The zero-order valence-electron chi connectivity index (χ0n) is 15.5. The number of carbonyl (C=O) groups excluding carboxylic acids is 1. The molecule has 1 aromatic heterocycles. The first-order valence-corrected chi connectivity index (χ1v) is 10.3. The van der Waals surface area contributed by atoms with Gasteiger partial charge in [-0.3, -0.25) is 4.79 Å². The Kier molecular flexibility index (Phi) is 6.25. The molecule has 27 heavy (non-hydrogen) atoms. The highest BCUT2D eigenvalue weighted by molar-refractivity contribution is 7.73. The maximum atomic E-state index is 12.4. The van der Waals surface area contributed by atoms with Crippen LogP contribution in [0.2, 0.25) is 0 Å². The van der Waals surface area contributed by atoms with Crippen LogP contribution in [-0.4, -0.2) is 12.5 Å². The third-order valence-electron chi connectivity index (χ3n) is 4.82. The highest BCUT2D eigenvalue weighted by Gasteiger charge is 2.23. The van der Waals surface area contributed by atoms with Gasteiger partial charge >= 0.3 is 0 Å². The van der Waals surface area contributed by atoms with E-state index in [0.717, 1.165) is 46.2 Å². The van der Waals surface area contributed by atoms with Gasteiger partial charge in [-0.15, -0.1) is 11.3 Å². The van der Waals surface area contributed by atoms with Crippen LogP contribution in [0.1, 0.15) is 42.5 Å². The SMILES string of the molecule is CCc1cccc(OCC(=O)Nc2sc(=S)c3c(c2C#N)CCC(C)C3)c1. The maximum Gasteiger partial charge on any atom is 0.262 e. The number of nitriles is 1. The number of hydrogen-bond donors (Lipinski definition) is 1. The van der Waals surface area contributed by atoms with Crippen LogP contribution in [0, 0.1) is 21.1 Å². The van der Waals surface area contributed by atoms with Gasteiger partial charge in [0.25, 0.3) is 5.91 Å². The second-order valence-corrected chi connectivity index (χ2v) is 8.54. The summed E-state index contributed by atoms with van der Waals surface area (Å²) < 4.78 is 6.36. The van der Waals surface area contributed by atoms with Gasteiger partial charge in [-0.2, -0.15) is 5.26 Å². The number of nitrogens with one attached hydrogen (secondary N) is 1. The normalized spacial score (nSPS) is 15.5. The van der Waals surface area contributed by atoms with E-state index in [0.29, 0.717) is 22.2 Å². The second kappa shape index (κ2) is 8.64. The Balaban J connectivity index is 1.75. The van der Waals surface area contributed by atoms with Crippen molar-refractivity contribution in [2.24, 2.45) is 5.92 Å². The number of rotatable bonds is 5. The third-order valence-corrected chi connectivity index (χ3v) is 6.25. The third kappa shape index (κ3) is 4.55. The molecule has 0 saturated heterocycles. The average Bonchev–Trinajstić information content (AvgIpc) is 2.67. The molecule has 1 aliphatic rings. The number of fused-ring (bicyclic) bond motifs is 1. The van der Waals surface area contributed by atoms with Gasteiger partial charge in [0.2, 0.25) is 0 Å². The lowest BCUT2D eigenvalue weighted by atomic mass is 9.85. The summed E-state index contributed by atoms with van der Waals surface area (Å²) >= 11 is 6.84. The van der Waals surface area contributed by atoms with Crippen LogP contribution < -0.4 is 10.1 Å². The van der Waals surface area contributed by atoms with Crippen molar-refractivity contribution < 1.29 is 9.53 Å². The molecule has 0 bridgehead atoms. The molecule has 6 heteroatoms. The van der Waals surface area contributed by atoms with Crippen LogP contribution in [0.15, 0.2) is 24.3 Å². The van der Waals surface area contributed by atoms with Crippen LogP contribution >= 0.6 is 23.6 Å². The van der Waals surface area contributed by atoms with E-state index in [4.69, 9.17) is 17.0 Å². The predicted octanol–water partition coefficient (Wildman–Crippen LogP) is 5.05. The fourth-order valence-electron chi connectivity index (χ4n) is 3.31.